The quantitative estimate of drug-likeness (QED) is 0.602. The number of anilines is 1. The maximum atomic E-state index is 12.8. The fraction of sp³-hybridized carbons (Fsp3) is 0.455. The second-order valence-corrected chi connectivity index (χ2v) is 8.34. The number of esters is 1. The van der Waals surface area contributed by atoms with E-state index in [9.17, 15) is 14.4 Å². The van der Waals surface area contributed by atoms with Gasteiger partial charge in [0.05, 0.1) is 17.1 Å². The number of benzene rings is 1. The van der Waals surface area contributed by atoms with Crippen molar-refractivity contribution in [2.45, 2.75) is 53.2 Å². The van der Waals surface area contributed by atoms with Gasteiger partial charge in [-0.2, -0.15) is 5.10 Å². The lowest BCUT2D eigenvalue weighted by molar-refractivity contribution is -0.155. The Bertz CT molecular complexity index is 953. The van der Waals surface area contributed by atoms with Crippen LogP contribution in [-0.4, -0.2) is 39.7 Å². The Morgan fingerprint density at radius 1 is 1.13 bits per heavy atom. The largest absolute Gasteiger partial charge is 0.451 e. The highest BCUT2D eigenvalue weighted by molar-refractivity contribution is 6.30. The zero-order valence-electron chi connectivity index (χ0n) is 18.7. The molecule has 1 heterocycles. The van der Waals surface area contributed by atoms with Gasteiger partial charge in [0.2, 0.25) is 0 Å². The number of nitrogens with zero attached hydrogens (tertiary/aromatic N) is 2. The molecule has 0 radical (unpaired) electrons. The van der Waals surface area contributed by atoms with Crippen molar-refractivity contribution in [3.8, 4) is 0 Å². The summed E-state index contributed by atoms with van der Waals surface area (Å²) in [5, 5.41) is 10.2. The van der Waals surface area contributed by atoms with Crippen LogP contribution in [0.2, 0.25) is 5.02 Å². The van der Waals surface area contributed by atoms with Crippen LogP contribution < -0.4 is 10.6 Å². The Morgan fingerprint density at radius 3 is 2.26 bits per heavy atom. The molecule has 2 atom stereocenters. The molecule has 0 fully saturated rings. The minimum Gasteiger partial charge on any atom is -0.451 e. The highest BCUT2D eigenvalue weighted by Crippen LogP contribution is 2.19. The standard InChI is InChI=1S/C22H29ClN4O4/c1-12(2)11-18(24-21(29)16-7-9-17(23)10-8-16)22(30)31-15(5)20(28)25-19-13(3)26-27(6)14(19)4/h7-10,12,15,18H,11H2,1-6H3,(H,24,29)(H,25,28). The van der Waals surface area contributed by atoms with E-state index in [1.54, 1.807) is 42.9 Å². The molecule has 0 saturated heterocycles. The van der Waals surface area contributed by atoms with Gasteiger partial charge < -0.3 is 15.4 Å². The predicted molar refractivity (Wildman–Crippen MR) is 119 cm³/mol. The normalized spacial score (nSPS) is 12.9. The van der Waals surface area contributed by atoms with Gasteiger partial charge in [-0.05, 0) is 57.4 Å². The van der Waals surface area contributed by atoms with Crippen molar-refractivity contribution in [2.24, 2.45) is 13.0 Å². The smallest absolute Gasteiger partial charge is 0.329 e. The highest BCUT2D eigenvalue weighted by atomic mass is 35.5. The Labute approximate surface area is 187 Å². The molecule has 8 nitrogen and oxygen atoms in total. The molecule has 2 unspecified atom stereocenters. The number of hydrogen-bond donors (Lipinski definition) is 2. The van der Waals surface area contributed by atoms with Gasteiger partial charge in [-0.25, -0.2) is 4.79 Å². The average molecular weight is 449 g/mol. The second-order valence-electron chi connectivity index (χ2n) is 7.90. The summed E-state index contributed by atoms with van der Waals surface area (Å²) in [7, 11) is 1.78. The third-order valence-electron chi connectivity index (χ3n) is 4.82. The minimum absolute atomic E-state index is 0.118. The second kappa shape index (κ2) is 10.4. The first kappa shape index (κ1) is 24.4. The van der Waals surface area contributed by atoms with Crippen LogP contribution in [0.4, 0.5) is 5.69 Å². The lowest BCUT2D eigenvalue weighted by atomic mass is 10.0. The van der Waals surface area contributed by atoms with E-state index in [4.69, 9.17) is 16.3 Å². The van der Waals surface area contributed by atoms with Gasteiger partial charge in [-0.3, -0.25) is 14.3 Å². The van der Waals surface area contributed by atoms with Crippen LogP contribution in [0.3, 0.4) is 0 Å². The summed E-state index contributed by atoms with van der Waals surface area (Å²) in [5.74, 6) is -1.44. The summed E-state index contributed by atoms with van der Waals surface area (Å²) >= 11 is 5.86. The van der Waals surface area contributed by atoms with Crippen LogP contribution in [0.1, 0.15) is 48.9 Å². The summed E-state index contributed by atoms with van der Waals surface area (Å²) in [6, 6.07) is 5.45. The van der Waals surface area contributed by atoms with Crippen LogP contribution in [0.5, 0.6) is 0 Å². The zero-order chi connectivity index (χ0) is 23.3. The number of aromatic nitrogens is 2. The predicted octanol–water partition coefficient (Wildman–Crippen LogP) is 3.41. The van der Waals surface area contributed by atoms with Crippen LogP contribution in [-0.2, 0) is 21.4 Å². The van der Waals surface area contributed by atoms with E-state index in [2.05, 4.69) is 15.7 Å². The molecule has 0 spiro atoms. The Morgan fingerprint density at radius 2 is 1.74 bits per heavy atom. The monoisotopic (exact) mass is 448 g/mol. The lowest BCUT2D eigenvalue weighted by Gasteiger charge is -2.22. The fourth-order valence-electron chi connectivity index (χ4n) is 3.02. The van der Waals surface area contributed by atoms with Crippen molar-refractivity contribution >= 4 is 35.1 Å². The zero-order valence-corrected chi connectivity index (χ0v) is 19.4. The number of ether oxygens (including phenoxy) is 1. The fourth-order valence-corrected chi connectivity index (χ4v) is 3.14. The Balaban J connectivity index is 2.05. The molecule has 1 aromatic carbocycles. The van der Waals surface area contributed by atoms with Crippen LogP contribution >= 0.6 is 11.6 Å². The van der Waals surface area contributed by atoms with Crippen molar-refractivity contribution in [3.63, 3.8) is 0 Å². The van der Waals surface area contributed by atoms with Crippen LogP contribution in [0.15, 0.2) is 24.3 Å². The van der Waals surface area contributed by atoms with Crippen LogP contribution in [0.25, 0.3) is 0 Å². The molecule has 2 aromatic rings. The number of nitrogens with one attached hydrogen (secondary N) is 2. The van der Waals surface area contributed by atoms with Gasteiger partial charge in [0.25, 0.3) is 11.8 Å². The molecule has 31 heavy (non-hydrogen) atoms. The van der Waals surface area contributed by atoms with Crippen molar-refractivity contribution in [3.05, 3.63) is 46.2 Å². The maximum Gasteiger partial charge on any atom is 0.329 e. The molecule has 2 amide bonds. The van der Waals surface area contributed by atoms with Gasteiger partial charge >= 0.3 is 5.97 Å². The lowest BCUT2D eigenvalue weighted by Crippen LogP contribution is -2.45. The molecule has 2 N–H and O–H groups in total. The number of aryl methyl sites for hydroxylation is 2. The first-order valence-corrected chi connectivity index (χ1v) is 10.4. The van der Waals surface area contributed by atoms with Crippen molar-refractivity contribution in [2.75, 3.05) is 5.32 Å². The van der Waals surface area contributed by atoms with Gasteiger partial charge in [-0.15, -0.1) is 0 Å². The molecule has 2 rings (SSSR count). The van der Waals surface area contributed by atoms with E-state index in [1.165, 1.54) is 6.92 Å². The maximum absolute atomic E-state index is 12.8. The van der Waals surface area contributed by atoms with E-state index in [0.717, 1.165) is 5.69 Å². The van der Waals surface area contributed by atoms with E-state index in [-0.39, 0.29) is 5.92 Å². The molecular formula is C22H29ClN4O4. The van der Waals surface area contributed by atoms with Gasteiger partial charge in [0.1, 0.15) is 6.04 Å². The third kappa shape index (κ3) is 6.55. The van der Waals surface area contributed by atoms with Gasteiger partial charge in [-0.1, -0.05) is 25.4 Å². The SMILES string of the molecule is Cc1nn(C)c(C)c1NC(=O)C(C)OC(=O)C(CC(C)C)NC(=O)c1ccc(Cl)cc1. The first-order chi connectivity index (χ1) is 14.5. The summed E-state index contributed by atoms with van der Waals surface area (Å²) in [6.45, 7) is 8.96. The average Bonchev–Trinajstić information content (AvgIpc) is 2.93. The van der Waals surface area contributed by atoms with Crippen molar-refractivity contribution < 1.29 is 19.1 Å². The highest BCUT2D eigenvalue weighted by Gasteiger charge is 2.28. The molecule has 1 aromatic heterocycles. The number of carbonyl (C=O) groups is 3. The summed E-state index contributed by atoms with van der Waals surface area (Å²) in [6.07, 6.45) is -0.679. The molecule has 0 aliphatic carbocycles. The van der Waals surface area contributed by atoms with Gasteiger partial charge in [0, 0.05) is 17.6 Å². The van der Waals surface area contributed by atoms with Crippen LogP contribution in [0, 0.1) is 19.8 Å². The molecule has 9 heteroatoms. The van der Waals surface area contributed by atoms with Crippen molar-refractivity contribution in [1.29, 1.82) is 0 Å². The number of halogens is 1. The number of rotatable bonds is 8. The Kier molecular flexibility index (Phi) is 8.21. The number of hydrogen-bond acceptors (Lipinski definition) is 5. The molecule has 168 valence electrons. The number of carbonyl (C=O) groups excluding carboxylic acids is 3. The van der Waals surface area contributed by atoms with E-state index in [0.29, 0.717) is 28.4 Å². The summed E-state index contributed by atoms with van der Waals surface area (Å²) in [4.78, 5) is 37.8. The molecule has 0 saturated carbocycles. The third-order valence-corrected chi connectivity index (χ3v) is 5.07. The van der Waals surface area contributed by atoms with E-state index < -0.39 is 29.9 Å². The minimum atomic E-state index is -1.05. The first-order valence-electron chi connectivity index (χ1n) is 10.1. The summed E-state index contributed by atoms with van der Waals surface area (Å²) < 4.78 is 7.04. The molecular weight excluding hydrogens is 420 g/mol. The van der Waals surface area contributed by atoms with E-state index >= 15 is 0 Å². The summed E-state index contributed by atoms with van der Waals surface area (Å²) in [5.41, 5.74) is 2.42. The topological polar surface area (TPSA) is 102 Å². The Hall–Kier alpha value is -2.87. The molecule has 0 aliphatic heterocycles. The molecule has 0 bridgehead atoms. The van der Waals surface area contributed by atoms with E-state index in [1.807, 2.05) is 20.8 Å². The van der Waals surface area contributed by atoms with Gasteiger partial charge in [0.15, 0.2) is 6.10 Å². The van der Waals surface area contributed by atoms with Crippen molar-refractivity contribution in [1.82, 2.24) is 15.1 Å². The number of amides is 2. The molecule has 0 aliphatic rings.